The molecule has 0 unspecified atom stereocenters. The van der Waals surface area contributed by atoms with Crippen molar-refractivity contribution in [2.75, 3.05) is 0 Å². The largest absolute Gasteiger partial charge is 0.422 e. The molecule has 0 aliphatic heterocycles. The van der Waals surface area contributed by atoms with Gasteiger partial charge in [0.25, 0.3) is 11.2 Å². The molecule has 3 aromatic carbocycles. The summed E-state index contributed by atoms with van der Waals surface area (Å²) in [5.74, 6) is -0.0179. The first-order valence-electron chi connectivity index (χ1n) is 10.5. The van der Waals surface area contributed by atoms with Gasteiger partial charge in [-0.15, -0.1) is 0 Å². The summed E-state index contributed by atoms with van der Waals surface area (Å²) in [6.07, 6.45) is 1.43. The normalized spacial score (nSPS) is 11.3. The molecule has 170 valence electrons. The number of hydrogen-bond acceptors (Lipinski definition) is 7. The molecule has 9 heteroatoms. The zero-order valence-corrected chi connectivity index (χ0v) is 18.4. The third-order valence-corrected chi connectivity index (χ3v) is 5.04. The van der Waals surface area contributed by atoms with Crippen LogP contribution in [0.25, 0.3) is 10.9 Å². The lowest BCUT2D eigenvalue weighted by atomic mass is 10.2. The van der Waals surface area contributed by atoms with Gasteiger partial charge in [-0.2, -0.15) is 9.78 Å². The van der Waals surface area contributed by atoms with Crippen molar-refractivity contribution >= 4 is 28.8 Å². The van der Waals surface area contributed by atoms with E-state index in [1.807, 2.05) is 19.9 Å². The Morgan fingerprint density at radius 2 is 1.74 bits per heavy atom. The van der Waals surface area contributed by atoms with Crippen LogP contribution in [0.15, 0.2) is 82.7 Å². The van der Waals surface area contributed by atoms with Gasteiger partial charge < -0.3 is 4.74 Å². The van der Waals surface area contributed by atoms with Gasteiger partial charge in [-0.3, -0.25) is 14.9 Å². The van der Waals surface area contributed by atoms with Crippen LogP contribution in [0.3, 0.4) is 0 Å². The Morgan fingerprint density at radius 1 is 1.06 bits per heavy atom. The van der Waals surface area contributed by atoms with Gasteiger partial charge in [0.1, 0.15) is 11.6 Å². The average molecular weight is 456 g/mol. The van der Waals surface area contributed by atoms with E-state index in [0.29, 0.717) is 22.3 Å². The third kappa shape index (κ3) is 4.58. The number of rotatable bonds is 6. The first-order chi connectivity index (χ1) is 16.3. The molecule has 0 N–H and O–H groups in total. The van der Waals surface area contributed by atoms with E-state index in [0.717, 1.165) is 0 Å². The number of ether oxygens (including phenoxy) is 1. The first-order valence-corrected chi connectivity index (χ1v) is 10.5. The Bertz CT molecular complexity index is 1470. The lowest BCUT2D eigenvalue weighted by Gasteiger charge is -2.12. The average Bonchev–Trinajstić information content (AvgIpc) is 2.84. The predicted molar refractivity (Wildman–Crippen MR) is 128 cm³/mol. The standard InChI is InChI=1S/C25H20N4O5/c1-16(2)23-27-21-9-5-4-8-20(21)24(30)28(23)26-15-18-7-3-6-10-22(18)34-25(31)17-11-13-19(14-12-17)29(32)33/h3-16H,1-2H3. The van der Waals surface area contributed by atoms with Crippen LogP contribution in [0.1, 0.15) is 41.5 Å². The van der Waals surface area contributed by atoms with E-state index in [-0.39, 0.29) is 28.5 Å². The molecule has 1 heterocycles. The van der Waals surface area contributed by atoms with Crippen LogP contribution in [0.4, 0.5) is 5.69 Å². The fraction of sp³-hybridized carbons (Fsp3) is 0.120. The number of benzene rings is 3. The fourth-order valence-electron chi connectivity index (χ4n) is 3.30. The molecule has 1 aromatic heterocycles. The number of aromatic nitrogens is 2. The maximum atomic E-state index is 13.1. The van der Waals surface area contributed by atoms with E-state index in [2.05, 4.69) is 10.1 Å². The van der Waals surface area contributed by atoms with Gasteiger partial charge in [0.2, 0.25) is 0 Å². The number of nitro groups is 1. The summed E-state index contributed by atoms with van der Waals surface area (Å²) in [4.78, 5) is 40.5. The number of nitro benzene ring substituents is 1. The molecule has 9 nitrogen and oxygen atoms in total. The summed E-state index contributed by atoms with van der Waals surface area (Å²) in [7, 11) is 0. The highest BCUT2D eigenvalue weighted by Crippen LogP contribution is 2.20. The Morgan fingerprint density at radius 3 is 2.44 bits per heavy atom. The Hall–Kier alpha value is -4.66. The van der Waals surface area contributed by atoms with Crippen molar-refractivity contribution in [2.45, 2.75) is 19.8 Å². The Balaban J connectivity index is 1.67. The molecular weight excluding hydrogens is 436 g/mol. The van der Waals surface area contributed by atoms with Crippen molar-refractivity contribution in [1.82, 2.24) is 9.66 Å². The number of carbonyl (C=O) groups is 1. The second kappa shape index (κ2) is 9.45. The summed E-state index contributed by atoms with van der Waals surface area (Å²) in [5.41, 5.74) is 0.798. The molecule has 0 saturated carbocycles. The minimum atomic E-state index is -0.678. The second-order valence-electron chi connectivity index (χ2n) is 7.73. The summed E-state index contributed by atoms with van der Waals surface area (Å²) >= 11 is 0. The minimum Gasteiger partial charge on any atom is -0.422 e. The van der Waals surface area contributed by atoms with Gasteiger partial charge in [-0.1, -0.05) is 38.1 Å². The van der Waals surface area contributed by atoms with Gasteiger partial charge in [-0.25, -0.2) is 9.78 Å². The van der Waals surface area contributed by atoms with E-state index in [4.69, 9.17) is 4.74 Å². The van der Waals surface area contributed by atoms with Crippen molar-refractivity contribution in [3.05, 3.63) is 110 Å². The minimum absolute atomic E-state index is 0.0651. The summed E-state index contributed by atoms with van der Waals surface area (Å²) in [6.45, 7) is 3.84. The van der Waals surface area contributed by atoms with Crippen LogP contribution in [0.5, 0.6) is 5.75 Å². The number of esters is 1. The topological polar surface area (TPSA) is 117 Å². The maximum Gasteiger partial charge on any atom is 0.343 e. The maximum absolute atomic E-state index is 13.1. The first kappa shape index (κ1) is 22.5. The molecule has 4 rings (SSSR count). The van der Waals surface area contributed by atoms with E-state index in [9.17, 15) is 19.7 Å². The molecule has 34 heavy (non-hydrogen) atoms. The highest BCUT2D eigenvalue weighted by Gasteiger charge is 2.15. The lowest BCUT2D eigenvalue weighted by Crippen LogP contribution is -2.23. The van der Waals surface area contributed by atoms with Crippen LogP contribution in [0, 0.1) is 10.1 Å². The molecular formula is C25H20N4O5. The molecule has 0 fully saturated rings. The van der Waals surface area contributed by atoms with Gasteiger partial charge >= 0.3 is 5.97 Å². The van der Waals surface area contributed by atoms with E-state index in [1.165, 1.54) is 35.2 Å². The van der Waals surface area contributed by atoms with Crippen LogP contribution in [-0.4, -0.2) is 26.8 Å². The smallest absolute Gasteiger partial charge is 0.343 e. The highest BCUT2D eigenvalue weighted by molar-refractivity contribution is 5.93. The molecule has 0 aliphatic carbocycles. The van der Waals surface area contributed by atoms with Crippen molar-refractivity contribution in [3.63, 3.8) is 0 Å². The number of fused-ring (bicyclic) bond motifs is 1. The second-order valence-corrected chi connectivity index (χ2v) is 7.73. The number of para-hydroxylation sites is 2. The molecule has 0 radical (unpaired) electrons. The Kier molecular flexibility index (Phi) is 6.26. The SMILES string of the molecule is CC(C)c1nc2ccccc2c(=O)n1N=Cc1ccccc1OC(=O)c1ccc([N+](=O)[O-])cc1. The number of hydrogen-bond donors (Lipinski definition) is 0. The molecule has 0 spiro atoms. The predicted octanol–water partition coefficient (Wildman–Crippen LogP) is 4.53. The van der Waals surface area contributed by atoms with Crippen LogP contribution >= 0.6 is 0 Å². The number of nitrogens with zero attached hydrogens (tertiary/aromatic N) is 4. The van der Waals surface area contributed by atoms with Crippen LogP contribution < -0.4 is 10.3 Å². The van der Waals surface area contributed by atoms with Crippen LogP contribution in [-0.2, 0) is 0 Å². The summed E-state index contributed by atoms with van der Waals surface area (Å²) in [6, 6.07) is 18.9. The van der Waals surface area contributed by atoms with Gasteiger partial charge in [-0.05, 0) is 36.4 Å². The van der Waals surface area contributed by atoms with Crippen molar-refractivity contribution in [1.29, 1.82) is 0 Å². The van der Waals surface area contributed by atoms with E-state index in [1.54, 1.807) is 42.5 Å². The zero-order chi connectivity index (χ0) is 24.2. The van der Waals surface area contributed by atoms with Crippen molar-refractivity contribution < 1.29 is 14.5 Å². The molecule has 0 atom stereocenters. The third-order valence-electron chi connectivity index (χ3n) is 5.04. The molecule has 0 saturated heterocycles. The molecule has 4 aromatic rings. The van der Waals surface area contributed by atoms with Crippen molar-refractivity contribution in [2.24, 2.45) is 5.10 Å². The Labute approximate surface area is 194 Å². The van der Waals surface area contributed by atoms with Gasteiger partial charge in [0, 0.05) is 23.6 Å². The summed E-state index contributed by atoms with van der Waals surface area (Å²) in [5, 5.41) is 15.6. The number of carbonyl (C=O) groups excluding carboxylic acids is 1. The number of non-ortho nitro benzene ring substituents is 1. The van der Waals surface area contributed by atoms with Crippen LogP contribution in [0.2, 0.25) is 0 Å². The monoisotopic (exact) mass is 456 g/mol. The lowest BCUT2D eigenvalue weighted by molar-refractivity contribution is -0.384. The quantitative estimate of drug-likeness (QED) is 0.138. The van der Waals surface area contributed by atoms with Gasteiger partial charge in [0.15, 0.2) is 0 Å². The zero-order valence-electron chi connectivity index (χ0n) is 18.4. The van der Waals surface area contributed by atoms with Crippen molar-refractivity contribution in [3.8, 4) is 5.75 Å². The van der Waals surface area contributed by atoms with E-state index >= 15 is 0 Å². The molecule has 0 amide bonds. The van der Waals surface area contributed by atoms with E-state index < -0.39 is 10.9 Å². The molecule has 0 aliphatic rings. The highest BCUT2D eigenvalue weighted by atomic mass is 16.6. The molecule has 0 bridgehead atoms. The fourth-order valence-corrected chi connectivity index (χ4v) is 3.30. The van der Waals surface area contributed by atoms with Gasteiger partial charge in [0.05, 0.1) is 27.6 Å². The summed E-state index contributed by atoms with van der Waals surface area (Å²) < 4.78 is 6.75.